The standard InChI is InChI=1S/C12H17N3O3.C8H14INO2.C8H10N2O.C4H4N2O.CH2O3.2CH4.2Cs.H/c1-12(2,3)18-11(16)15-7-9(8-15)17-10-6-13-4-5-14-10;1-8(2,3)12-7(11)10-4-6(9)5-10;1-2-7(3-1)11-8-6-9-4-5-10-8;7-4-3-5-1-2-6-4;2-1-4-3;;;;;/h4-6,9H,7-8H2,1-3H3;6H,4-5H2,1-3H3;4-7H,1-3H2;1-3H,(H,6,7);1,3H;2*1H4;;;/q;;;;;;;2*+1;-1/p-1. The van der Waals surface area contributed by atoms with Gasteiger partial charge < -0.3 is 45.3 Å². The van der Waals surface area contributed by atoms with Gasteiger partial charge in [-0.05, 0) is 60.8 Å². The summed E-state index contributed by atoms with van der Waals surface area (Å²) >= 11 is 2.33. The van der Waals surface area contributed by atoms with Crippen LogP contribution in [0.5, 0.6) is 11.8 Å². The van der Waals surface area contributed by atoms with Crippen LogP contribution in [-0.4, -0.2) is 112 Å². The Morgan fingerprint density at radius 1 is 0.786 bits per heavy atom. The molecule has 18 nitrogen and oxygen atoms in total. The van der Waals surface area contributed by atoms with E-state index in [9.17, 15) is 14.4 Å². The maximum atomic E-state index is 11.7. The molecule has 21 heteroatoms. The van der Waals surface area contributed by atoms with Crippen LogP contribution in [-0.2, 0) is 19.2 Å². The third kappa shape index (κ3) is 28.0. The van der Waals surface area contributed by atoms with Gasteiger partial charge in [-0.2, -0.15) is 0 Å². The second-order valence-electron chi connectivity index (χ2n) is 13.2. The first kappa shape index (κ1) is 59.8. The number of amides is 2. The van der Waals surface area contributed by atoms with Crippen molar-refractivity contribution in [3.05, 3.63) is 66.1 Å². The Labute approximate surface area is 462 Å². The van der Waals surface area contributed by atoms with E-state index >= 15 is 0 Å². The summed E-state index contributed by atoms with van der Waals surface area (Å²) < 4.78 is 22.0. The minimum Gasteiger partial charge on any atom is -1.00 e. The minimum absolute atomic E-state index is 0. The van der Waals surface area contributed by atoms with Crippen LogP contribution in [0.3, 0.4) is 0 Å². The van der Waals surface area contributed by atoms with E-state index in [1.54, 1.807) is 47.0 Å². The molecule has 56 heavy (non-hydrogen) atoms. The van der Waals surface area contributed by atoms with Crippen molar-refractivity contribution < 1.29 is 183 Å². The molecular weight excluding hydrogens is 1090 g/mol. The fourth-order valence-electron chi connectivity index (χ4n) is 3.72. The van der Waals surface area contributed by atoms with Crippen LogP contribution in [0.4, 0.5) is 9.59 Å². The van der Waals surface area contributed by atoms with E-state index in [0.29, 0.717) is 34.9 Å². The van der Waals surface area contributed by atoms with E-state index in [4.69, 9.17) is 29.0 Å². The molecule has 6 rings (SSSR count). The number of carbonyl (C=O) groups excluding carboxylic acids is 3. The summed E-state index contributed by atoms with van der Waals surface area (Å²) in [5.74, 6) is 1.13. The monoisotopic (exact) mass is 1140 g/mol. The smallest absolute Gasteiger partial charge is 1.00 e. The number of H-pyrrole nitrogens is 1. The Balaban J connectivity index is -0.000000321. The minimum atomic E-state index is -0.464. The second-order valence-corrected chi connectivity index (χ2v) is 14.9. The molecule has 0 atom stereocenters. The SMILES string of the molecule is C.C.CC(C)(C)OC(=O)N1CC(I)C1.CC(C)(C)OC(=O)N1CC(Oc2cnccn2)C1.O=CO[O-].O=c1cncc[nH]1.[Cs+].[Cs+].[H-].c1cnc(OC2CCC2)cn1. The van der Waals surface area contributed by atoms with Crippen molar-refractivity contribution in [2.24, 2.45) is 0 Å². The molecule has 1 aliphatic carbocycles. The van der Waals surface area contributed by atoms with Gasteiger partial charge in [0.15, 0.2) is 0 Å². The Morgan fingerprint density at radius 2 is 1.21 bits per heavy atom. The van der Waals surface area contributed by atoms with Gasteiger partial charge in [0, 0.05) is 54.2 Å². The molecule has 0 spiro atoms. The van der Waals surface area contributed by atoms with Gasteiger partial charge in [0.25, 0.3) is 12.0 Å². The summed E-state index contributed by atoms with van der Waals surface area (Å²) in [6.07, 6.45) is 17.4. The van der Waals surface area contributed by atoms with Gasteiger partial charge in [0.05, 0.1) is 31.7 Å². The molecule has 0 unspecified atom stereocenters. The topological polar surface area (TPSA) is 224 Å². The Kier molecular flexibility index (Phi) is 34.4. The normalized spacial score (nSPS) is 14.1. The van der Waals surface area contributed by atoms with Crippen molar-refractivity contribution in [1.82, 2.24) is 39.7 Å². The number of carbonyl (C=O) groups is 3. The average Bonchev–Trinajstić information content (AvgIpc) is 3.03. The predicted octanol–water partition coefficient (Wildman–Crippen LogP) is -1.48. The van der Waals surface area contributed by atoms with Gasteiger partial charge in [-0.25, -0.2) is 19.6 Å². The summed E-state index contributed by atoms with van der Waals surface area (Å²) in [4.78, 5) is 69.5. The fourth-order valence-corrected chi connectivity index (χ4v) is 4.67. The van der Waals surface area contributed by atoms with Crippen LogP contribution < -0.4 is 158 Å². The van der Waals surface area contributed by atoms with E-state index in [1.165, 1.54) is 25.0 Å². The Morgan fingerprint density at radius 3 is 1.50 bits per heavy atom. The third-order valence-corrected chi connectivity index (χ3v) is 7.10. The van der Waals surface area contributed by atoms with Crippen LogP contribution in [0, 0.1) is 0 Å². The molecule has 0 radical (unpaired) electrons. The Hall–Kier alpha value is -0.556. The number of alkyl halides is 1. The number of nitrogens with one attached hydrogen (secondary N) is 1. The number of ether oxygens (including phenoxy) is 4. The van der Waals surface area contributed by atoms with Crippen LogP contribution >= 0.6 is 22.6 Å². The first-order chi connectivity index (χ1) is 24.6. The maximum Gasteiger partial charge on any atom is 1.00 e. The van der Waals surface area contributed by atoms with Gasteiger partial charge in [-0.15, -0.1) is 0 Å². The predicted molar refractivity (Wildman–Crippen MR) is 207 cm³/mol. The number of nitrogens with zero attached hydrogens (tertiary/aromatic N) is 7. The van der Waals surface area contributed by atoms with Crippen LogP contribution in [0.25, 0.3) is 0 Å². The van der Waals surface area contributed by atoms with Crippen molar-refractivity contribution >= 4 is 41.2 Å². The number of aromatic nitrogens is 6. The Bertz CT molecular complexity index is 1510. The molecule has 5 heterocycles. The van der Waals surface area contributed by atoms with E-state index in [2.05, 4.69) is 57.4 Å². The van der Waals surface area contributed by atoms with Crippen molar-refractivity contribution in [3.8, 4) is 11.8 Å². The van der Waals surface area contributed by atoms with Gasteiger partial charge in [-0.3, -0.25) is 24.5 Å². The van der Waals surface area contributed by atoms with Crippen molar-refractivity contribution in [2.45, 2.75) is 103 Å². The number of rotatable bonds is 5. The molecule has 1 N–H and O–H groups in total. The quantitative estimate of drug-likeness (QED) is 0.101. The third-order valence-electron chi connectivity index (χ3n) is 6.31. The van der Waals surface area contributed by atoms with Gasteiger partial charge in [0.2, 0.25) is 11.8 Å². The summed E-state index contributed by atoms with van der Waals surface area (Å²) in [5.41, 5.74) is -0.996. The summed E-state index contributed by atoms with van der Waals surface area (Å²) in [7, 11) is 0. The number of likely N-dealkylation sites (tertiary alicyclic amines) is 2. The molecule has 3 aromatic rings. The van der Waals surface area contributed by atoms with E-state index in [-0.39, 0.29) is 190 Å². The van der Waals surface area contributed by atoms with Gasteiger partial charge in [-0.1, -0.05) is 37.4 Å². The second kappa shape index (κ2) is 32.2. The number of halogens is 1. The number of hydrogen-bond donors (Lipinski definition) is 1. The molecule has 2 aliphatic heterocycles. The van der Waals surface area contributed by atoms with E-state index in [0.717, 1.165) is 25.9 Å². The van der Waals surface area contributed by atoms with Crippen molar-refractivity contribution in [1.29, 1.82) is 0 Å². The summed E-state index contributed by atoms with van der Waals surface area (Å²) in [6.45, 7) is 13.7. The van der Waals surface area contributed by atoms with E-state index in [1.807, 2.05) is 41.5 Å². The first-order valence-electron chi connectivity index (χ1n) is 16.2. The van der Waals surface area contributed by atoms with E-state index < -0.39 is 5.60 Å². The molecule has 3 fully saturated rings. The zero-order chi connectivity index (χ0) is 38.6. The largest absolute Gasteiger partial charge is 1.00 e. The molecule has 1 saturated carbocycles. The zero-order valence-corrected chi connectivity index (χ0v) is 46.8. The molecule has 3 aromatic heterocycles. The summed E-state index contributed by atoms with van der Waals surface area (Å²) in [6, 6.07) is 0. The van der Waals surface area contributed by atoms with Gasteiger partial charge >= 0.3 is 150 Å². The fraction of sp³-hybridized carbons (Fsp3) is 0.571. The zero-order valence-electron chi connectivity index (χ0n) is 33.0. The number of aromatic amines is 1. The molecule has 0 aromatic carbocycles. The molecule has 0 bridgehead atoms. The van der Waals surface area contributed by atoms with Crippen LogP contribution in [0.1, 0.15) is 77.1 Å². The molecule has 2 amide bonds. The maximum absolute atomic E-state index is 11.7. The van der Waals surface area contributed by atoms with Crippen molar-refractivity contribution in [3.63, 3.8) is 0 Å². The molecule has 304 valence electrons. The van der Waals surface area contributed by atoms with Crippen LogP contribution in [0.2, 0.25) is 0 Å². The molecule has 2 saturated heterocycles. The number of hydrogen-bond acceptors (Lipinski definition) is 15. The molecule has 3 aliphatic rings. The van der Waals surface area contributed by atoms with Gasteiger partial charge in [0.1, 0.15) is 23.4 Å². The van der Waals surface area contributed by atoms with Crippen LogP contribution in [0.15, 0.2) is 60.6 Å². The average molecular weight is 1140 g/mol. The molecular formula is C35H55Cs2IN8O10. The summed E-state index contributed by atoms with van der Waals surface area (Å²) in [5, 5.41) is 8.43. The first-order valence-corrected chi connectivity index (χ1v) is 17.5. The van der Waals surface area contributed by atoms with Crippen molar-refractivity contribution in [2.75, 3.05) is 26.2 Å².